The van der Waals surface area contributed by atoms with Gasteiger partial charge >= 0.3 is 0 Å². The fourth-order valence-electron chi connectivity index (χ4n) is 2.84. The van der Waals surface area contributed by atoms with Crippen LogP contribution in [-0.4, -0.2) is 33.1 Å². The number of hydrogen-bond donors (Lipinski definition) is 2. The Morgan fingerprint density at radius 2 is 2.12 bits per heavy atom. The van der Waals surface area contributed by atoms with Crippen molar-refractivity contribution in [2.45, 2.75) is 45.1 Å². The van der Waals surface area contributed by atoms with Gasteiger partial charge in [-0.2, -0.15) is 10.1 Å². The Balaban J connectivity index is 1.64. The molecule has 1 atom stereocenters. The van der Waals surface area contributed by atoms with E-state index in [-0.39, 0.29) is 18.2 Å². The summed E-state index contributed by atoms with van der Waals surface area (Å²) in [5.41, 5.74) is 1.16. The van der Waals surface area contributed by atoms with Crippen LogP contribution in [-0.2, 0) is 22.4 Å². The topological polar surface area (TPSA) is 88.9 Å². The van der Waals surface area contributed by atoms with E-state index in [2.05, 4.69) is 27.6 Å². The molecule has 2 N–H and O–H groups in total. The number of amides is 2. The molecule has 0 saturated carbocycles. The predicted molar refractivity (Wildman–Crippen MR) is 94.1 cm³/mol. The molecular weight excluding hydrogens is 318 g/mol. The second-order valence-electron chi connectivity index (χ2n) is 6.19. The first-order valence-corrected chi connectivity index (χ1v) is 8.74. The Morgan fingerprint density at radius 3 is 2.88 bits per heavy atom. The lowest BCUT2D eigenvalue weighted by atomic mass is 10.1. The van der Waals surface area contributed by atoms with E-state index < -0.39 is 6.04 Å². The third-order valence-corrected chi connectivity index (χ3v) is 4.21. The van der Waals surface area contributed by atoms with Gasteiger partial charge in [0, 0.05) is 13.0 Å². The van der Waals surface area contributed by atoms with Gasteiger partial charge in [0.25, 0.3) is 0 Å². The van der Waals surface area contributed by atoms with Crippen molar-refractivity contribution in [3.63, 3.8) is 0 Å². The van der Waals surface area contributed by atoms with Crippen molar-refractivity contribution in [1.82, 2.24) is 20.1 Å². The van der Waals surface area contributed by atoms with Crippen molar-refractivity contribution in [3.8, 4) is 0 Å². The Labute approximate surface area is 146 Å². The van der Waals surface area contributed by atoms with E-state index in [0.29, 0.717) is 18.3 Å². The van der Waals surface area contributed by atoms with E-state index >= 15 is 0 Å². The van der Waals surface area contributed by atoms with Crippen LogP contribution in [0.15, 0.2) is 30.3 Å². The summed E-state index contributed by atoms with van der Waals surface area (Å²) in [4.78, 5) is 28.8. The lowest BCUT2D eigenvalue weighted by molar-refractivity contribution is -0.128. The molecule has 0 saturated heterocycles. The molecule has 0 fully saturated rings. The maximum absolute atomic E-state index is 12.5. The first kappa shape index (κ1) is 17.1. The van der Waals surface area contributed by atoms with Crippen molar-refractivity contribution in [1.29, 1.82) is 0 Å². The number of carbonyl (C=O) groups excluding carboxylic acids is 2. The fourth-order valence-corrected chi connectivity index (χ4v) is 2.84. The van der Waals surface area contributed by atoms with Gasteiger partial charge in [0.05, 0.1) is 6.42 Å². The zero-order valence-electron chi connectivity index (χ0n) is 14.4. The average Bonchev–Trinajstić information content (AvgIpc) is 3.02. The summed E-state index contributed by atoms with van der Waals surface area (Å²) in [6.07, 6.45) is 3.60. The van der Waals surface area contributed by atoms with Gasteiger partial charge < -0.3 is 5.32 Å². The summed E-state index contributed by atoms with van der Waals surface area (Å²) in [6, 6.07) is 9.32. The second kappa shape index (κ2) is 7.92. The van der Waals surface area contributed by atoms with Gasteiger partial charge in [-0.1, -0.05) is 43.7 Å². The first-order chi connectivity index (χ1) is 12.2. The number of anilines is 1. The van der Waals surface area contributed by atoms with Gasteiger partial charge in [-0.15, -0.1) is 0 Å². The van der Waals surface area contributed by atoms with Crippen LogP contribution in [0, 0.1) is 0 Å². The van der Waals surface area contributed by atoms with E-state index in [0.717, 1.165) is 31.2 Å². The third-order valence-electron chi connectivity index (χ3n) is 4.21. The Hall–Kier alpha value is -2.70. The highest BCUT2D eigenvalue weighted by Crippen LogP contribution is 2.23. The average molecular weight is 341 g/mol. The van der Waals surface area contributed by atoms with Crippen molar-refractivity contribution >= 4 is 17.8 Å². The van der Waals surface area contributed by atoms with E-state index in [1.54, 1.807) is 4.68 Å². The third kappa shape index (κ3) is 4.23. The van der Waals surface area contributed by atoms with Gasteiger partial charge in [0.15, 0.2) is 5.82 Å². The molecule has 25 heavy (non-hydrogen) atoms. The van der Waals surface area contributed by atoms with Crippen LogP contribution in [0.5, 0.6) is 0 Å². The molecule has 2 aromatic rings. The molecule has 1 aromatic heterocycles. The lowest BCUT2D eigenvalue weighted by Crippen LogP contribution is -2.39. The number of aromatic nitrogens is 3. The molecule has 0 bridgehead atoms. The van der Waals surface area contributed by atoms with Crippen molar-refractivity contribution in [3.05, 3.63) is 41.7 Å². The molecule has 0 radical (unpaired) electrons. The molecule has 3 rings (SSSR count). The summed E-state index contributed by atoms with van der Waals surface area (Å²) in [6.45, 7) is 2.62. The maximum atomic E-state index is 12.5. The zero-order chi connectivity index (χ0) is 17.6. The highest BCUT2D eigenvalue weighted by Gasteiger charge is 2.32. The quantitative estimate of drug-likeness (QED) is 0.804. The van der Waals surface area contributed by atoms with Crippen LogP contribution in [0.1, 0.15) is 43.6 Å². The first-order valence-electron chi connectivity index (χ1n) is 8.74. The van der Waals surface area contributed by atoms with E-state index in [1.165, 1.54) is 0 Å². The summed E-state index contributed by atoms with van der Waals surface area (Å²) >= 11 is 0. The van der Waals surface area contributed by atoms with Crippen LogP contribution in [0.2, 0.25) is 0 Å². The number of nitrogens with zero attached hydrogens (tertiary/aromatic N) is 3. The van der Waals surface area contributed by atoms with Crippen LogP contribution >= 0.6 is 0 Å². The molecule has 2 heterocycles. The standard InChI is InChI=1S/C18H23N5O2/c1-2-3-9-15-20-18-21-16(24)12-14(23(18)22-15)17(25)19-11-10-13-7-5-4-6-8-13/h4-8,14H,2-3,9-12H2,1H3,(H,19,25)(H,20,21,22,24)/t14-/m1/s1. The number of rotatable bonds is 7. The summed E-state index contributed by atoms with van der Waals surface area (Å²) < 4.78 is 1.55. The minimum absolute atomic E-state index is 0.0841. The highest BCUT2D eigenvalue weighted by atomic mass is 16.2. The van der Waals surface area contributed by atoms with Gasteiger partial charge in [-0.3, -0.25) is 14.9 Å². The van der Waals surface area contributed by atoms with Crippen LogP contribution < -0.4 is 10.6 Å². The predicted octanol–water partition coefficient (Wildman–Crippen LogP) is 1.86. The highest BCUT2D eigenvalue weighted by molar-refractivity contribution is 5.96. The monoisotopic (exact) mass is 341 g/mol. The zero-order valence-corrected chi connectivity index (χ0v) is 14.4. The van der Waals surface area contributed by atoms with Gasteiger partial charge in [0.2, 0.25) is 17.8 Å². The molecular formula is C18H23N5O2. The Bertz CT molecular complexity index is 741. The second-order valence-corrected chi connectivity index (χ2v) is 6.19. The van der Waals surface area contributed by atoms with E-state index in [9.17, 15) is 9.59 Å². The maximum Gasteiger partial charge on any atom is 0.245 e. The Kier molecular flexibility index (Phi) is 5.42. The van der Waals surface area contributed by atoms with E-state index in [1.807, 2.05) is 30.3 Å². The molecule has 0 spiro atoms. The number of carbonyl (C=O) groups is 2. The fraction of sp³-hybridized carbons (Fsp3) is 0.444. The number of nitrogens with one attached hydrogen (secondary N) is 2. The molecule has 7 heteroatoms. The molecule has 1 aliphatic rings. The van der Waals surface area contributed by atoms with Crippen LogP contribution in [0.25, 0.3) is 0 Å². The number of aryl methyl sites for hydroxylation is 1. The minimum atomic E-state index is -0.637. The number of benzene rings is 1. The van der Waals surface area contributed by atoms with Crippen molar-refractivity contribution in [2.24, 2.45) is 0 Å². The Morgan fingerprint density at radius 1 is 1.32 bits per heavy atom. The molecule has 7 nitrogen and oxygen atoms in total. The minimum Gasteiger partial charge on any atom is -0.354 e. The number of unbranched alkanes of at least 4 members (excludes halogenated alkanes) is 1. The van der Waals surface area contributed by atoms with Crippen LogP contribution in [0.4, 0.5) is 5.95 Å². The van der Waals surface area contributed by atoms with Crippen molar-refractivity contribution < 1.29 is 9.59 Å². The lowest BCUT2D eigenvalue weighted by Gasteiger charge is -2.22. The molecule has 2 amide bonds. The molecule has 1 aromatic carbocycles. The SMILES string of the molecule is CCCCc1nc2n(n1)[C@@H](C(=O)NCCc1ccccc1)CC(=O)N2. The summed E-state index contributed by atoms with van der Waals surface area (Å²) in [7, 11) is 0. The van der Waals surface area contributed by atoms with Crippen LogP contribution in [0.3, 0.4) is 0 Å². The molecule has 1 aliphatic heterocycles. The number of hydrogen-bond acceptors (Lipinski definition) is 4. The van der Waals surface area contributed by atoms with E-state index in [4.69, 9.17) is 0 Å². The van der Waals surface area contributed by atoms with Gasteiger partial charge in [0.1, 0.15) is 6.04 Å². The summed E-state index contributed by atoms with van der Waals surface area (Å²) in [5.74, 6) is 0.635. The van der Waals surface area contributed by atoms with Gasteiger partial charge in [-0.05, 0) is 18.4 Å². The smallest absolute Gasteiger partial charge is 0.245 e. The largest absolute Gasteiger partial charge is 0.354 e. The normalized spacial score (nSPS) is 16.2. The molecule has 132 valence electrons. The molecule has 0 unspecified atom stereocenters. The number of fused-ring (bicyclic) bond motifs is 1. The molecule has 0 aliphatic carbocycles. The van der Waals surface area contributed by atoms with Gasteiger partial charge in [-0.25, -0.2) is 4.68 Å². The summed E-state index contributed by atoms with van der Waals surface area (Å²) in [5, 5.41) is 10.0. The van der Waals surface area contributed by atoms with Crippen molar-refractivity contribution in [2.75, 3.05) is 11.9 Å².